The Morgan fingerprint density at radius 3 is 2.60 bits per heavy atom. The molecule has 304 valence electrons. The van der Waals surface area contributed by atoms with Crippen molar-refractivity contribution in [3.05, 3.63) is 59.2 Å². The van der Waals surface area contributed by atoms with Gasteiger partial charge >= 0.3 is 0 Å². The predicted molar refractivity (Wildman–Crippen MR) is 218 cm³/mol. The first kappa shape index (κ1) is 40.8. The van der Waals surface area contributed by atoms with Gasteiger partial charge in [-0.15, -0.1) is 0 Å². The molecule has 6 aliphatic rings. The zero-order valence-electron chi connectivity index (χ0n) is 32.8. The number of fused-ring (bicyclic) bond motifs is 4. The summed E-state index contributed by atoms with van der Waals surface area (Å²) >= 11 is 6.49. The molecule has 2 aliphatic carbocycles. The van der Waals surface area contributed by atoms with Crippen LogP contribution in [0.1, 0.15) is 69.7 Å². The molecule has 1 aromatic carbocycles. The molecule has 14 heteroatoms. The number of sulfonamides is 1. The molecule has 11 nitrogen and oxygen atoms in total. The van der Waals surface area contributed by atoms with Gasteiger partial charge in [0.1, 0.15) is 11.4 Å². The Morgan fingerprint density at radius 1 is 1.02 bits per heavy atom. The fourth-order valence-electron chi connectivity index (χ4n) is 9.73. The van der Waals surface area contributed by atoms with Crippen LogP contribution in [0.2, 0.25) is 0 Å². The van der Waals surface area contributed by atoms with Gasteiger partial charge in [0.25, 0.3) is 5.91 Å². The van der Waals surface area contributed by atoms with E-state index in [0.29, 0.717) is 38.4 Å². The Morgan fingerprint density at radius 2 is 1.84 bits per heavy atom. The van der Waals surface area contributed by atoms with Crippen LogP contribution in [0.4, 0.5) is 5.69 Å². The van der Waals surface area contributed by atoms with Crippen LogP contribution in [0.5, 0.6) is 5.75 Å². The number of carbonyl (C=O) groups excluding carboxylic acids is 1. The van der Waals surface area contributed by atoms with Crippen molar-refractivity contribution >= 4 is 43.1 Å². The van der Waals surface area contributed by atoms with Crippen molar-refractivity contribution < 1.29 is 31.1 Å². The van der Waals surface area contributed by atoms with Gasteiger partial charge in [-0.2, -0.15) is 0 Å². The average molecular weight is 820 g/mol. The monoisotopic (exact) mass is 818 g/mol. The summed E-state index contributed by atoms with van der Waals surface area (Å²) in [6.45, 7) is 11.2. The maximum absolute atomic E-state index is 13.7. The molecule has 4 aliphatic heterocycles. The number of hydrogen-bond acceptors (Lipinski definition) is 10. The summed E-state index contributed by atoms with van der Waals surface area (Å²) in [6.07, 6.45) is 15.8. The van der Waals surface area contributed by atoms with Crippen molar-refractivity contribution in [1.29, 1.82) is 0 Å². The summed E-state index contributed by atoms with van der Waals surface area (Å²) < 4.78 is 68.3. The Hall–Kier alpha value is -2.42. The van der Waals surface area contributed by atoms with E-state index in [2.05, 4.69) is 50.6 Å². The van der Waals surface area contributed by atoms with Crippen molar-refractivity contribution in [3.8, 4) is 5.75 Å². The van der Waals surface area contributed by atoms with E-state index in [1.165, 1.54) is 0 Å². The standard InChI is InChI=1S/C41H59ClN4O7S2/c1-29-8-7-15-41(52-4,27-44-18-19-45-20-21-54(48,49)26-35(45)25-44)36-12-10-32(36)24-46-17-6-5-9-33-23-34(42)14-16-40(33,3)28-53-38-13-11-31(22-37(38)46)39(47)43-55(50,51)30(29)2/h7,11,13-16,22-23,29-30,32-33,35-36H,5-6,8-10,12,17-21,24-28H2,1-4H3,(H,43,47)/b15-7+/t29-,30+,32-,33?,35+,36+,40?,41-/m0/s1. The van der Waals surface area contributed by atoms with Crippen molar-refractivity contribution in [3.63, 3.8) is 0 Å². The first-order chi connectivity index (χ1) is 26.1. The van der Waals surface area contributed by atoms with Crippen molar-refractivity contribution in [1.82, 2.24) is 14.5 Å². The number of amides is 1. The van der Waals surface area contributed by atoms with Crippen LogP contribution in [0.15, 0.2) is 53.6 Å². The number of ether oxygens (including phenoxy) is 2. The highest BCUT2D eigenvalue weighted by atomic mass is 35.5. The van der Waals surface area contributed by atoms with E-state index in [9.17, 15) is 21.6 Å². The van der Waals surface area contributed by atoms with Crippen LogP contribution in [0, 0.1) is 29.1 Å². The quantitative estimate of drug-likeness (QED) is 0.405. The molecule has 3 fully saturated rings. The summed E-state index contributed by atoms with van der Waals surface area (Å²) in [5.74, 6) is 0.795. The summed E-state index contributed by atoms with van der Waals surface area (Å²) in [5, 5.41) is -0.0845. The fourth-order valence-corrected chi connectivity index (χ4v) is 12.8. The minimum absolute atomic E-state index is 0.0352. The largest absolute Gasteiger partial charge is 0.490 e. The van der Waals surface area contributed by atoms with Crippen LogP contribution in [-0.4, -0.2) is 120 Å². The topological polar surface area (TPSA) is 126 Å². The van der Waals surface area contributed by atoms with Crippen LogP contribution in [0.3, 0.4) is 0 Å². The minimum Gasteiger partial charge on any atom is -0.490 e. The van der Waals surface area contributed by atoms with Gasteiger partial charge in [0, 0.05) is 75.0 Å². The van der Waals surface area contributed by atoms with Gasteiger partial charge in [0.15, 0.2) is 9.84 Å². The Bertz CT molecular complexity index is 1920. The molecule has 0 radical (unpaired) electrons. The summed E-state index contributed by atoms with van der Waals surface area (Å²) in [4.78, 5) is 20.7. The van der Waals surface area contributed by atoms with E-state index in [0.717, 1.165) is 69.0 Å². The van der Waals surface area contributed by atoms with Crippen LogP contribution >= 0.6 is 11.6 Å². The van der Waals surface area contributed by atoms with Gasteiger partial charge in [0.2, 0.25) is 10.0 Å². The molecular weight excluding hydrogens is 760 g/mol. The molecule has 1 saturated carbocycles. The lowest BCUT2D eigenvalue weighted by Crippen LogP contribution is -2.63. The van der Waals surface area contributed by atoms with Gasteiger partial charge in [-0.25, -0.2) is 21.6 Å². The number of methoxy groups -OCH3 is 1. The molecule has 2 bridgehead atoms. The highest BCUT2D eigenvalue weighted by Crippen LogP contribution is 2.47. The van der Waals surface area contributed by atoms with Gasteiger partial charge in [-0.3, -0.25) is 14.6 Å². The molecule has 55 heavy (non-hydrogen) atoms. The van der Waals surface area contributed by atoms with E-state index >= 15 is 0 Å². The number of piperazine rings is 1. The molecule has 0 spiro atoms. The summed E-state index contributed by atoms with van der Waals surface area (Å²) in [7, 11) is -5.30. The smallest absolute Gasteiger partial charge is 0.264 e. The van der Waals surface area contributed by atoms with Gasteiger partial charge in [0.05, 0.1) is 29.0 Å². The molecule has 7 rings (SSSR count). The molecule has 1 aromatic rings. The predicted octanol–water partition coefficient (Wildman–Crippen LogP) is 5.24. The van der Waals surface area contributed by atoms with E-state index < -0.39 is 36.6 Å². The Kier molecular flexibility index (Phi) is 11.9. The lowest BCUT2D eigenvalue weighted by atomic mass is 9.63. The zero-order valence-corrected chi connectivity index (χ0v) is 35.2. The third-order valence-electron chi connectivity index (χ3n) is 13.7. The lowest BCUT2D eigenvalue weighted by molar-refractivity contribution is -0.0980. The van der Waals surface area contributed by atoms with E-state index in [1.807, 2.05) is 19.1 Å². The molecule has 0 aromatic heterocycles. The lowest BCUT2D eigenvalue weighted by Gasteiger charge is -2.53. The SMILES string of the molecule is CO[C@]1(CN2CCN3CCS(=O)(=O)C[C@H]3C2)/C=C/C[C@H](C)[C@@H](C)S(=O)(=O)NC(=O)c2ccc3c(c2)N(CCCCC2C=C(Cl)C=CC2(C)CO3)C[C@@H]2CC[C@H]21. The van der Waals surface area contributed by atoms with Gasteiger partial charge in [-0.1, -0.05) is 56.2 Å². The van der Waals surface area contributed by atoms with E-state index in [1.54, 1.807) is 26.2 Å². The van der Waals surface area contributed by atoms with Gasteiger partial charge < -0.3 is 14.4 Å². The summed E-state index contributed by atoms with van der Waals surface area (Å²) in [5.41, 5.74) is 0.123. The van der Waals surface area contributed by atoms with E-state index in [-0.39, 0.29) is 52.2 Å². The highest BCUT2D eigenvalue weighted by Gasteiger charge is 2.49. The van der Waals surface area contributed by atoms with Crippen molar-refractivity contribution in [2.75, 3.05) is 75.9 Å². The second kappa shape index (κ2) is 16.1. The molecule has 2 saturated heterocycles. The zero-order chi connectivity index (χ0) is 39.2. The first-order valence-corrected chi connectivity index (χ1v) is 23.9. The molecule has 8 atom stereocenters. The van der Waals surface area contributed by atoms with Gasteiger partial charge in [-0.05, 0) is 87.0 Å². The molecule has 1 N–H and O–H groups in total. The third kappa shape index (κ3) is 8.72. The number of rotatable bonds is 3. The van der Waals surface area contributed by atoms with Crippen LogP contribution in [-0.2, 0) is 24.6 Å². The summed E-state index contributed by atoms with van der Waals surface area (Å²) in [6, 6.07) is 5.25. The number of sulfone groups is 1. The highest BCUT2D eigenvalue weighted by molar-refractivity contribution is 7.91. The first-order valence-electron chi connectivity index (χ1n) is 20.1. The number of halogens is 1. The number of nitrogens with zero attached hydrogens (tertiary/aromatic N) is 3. The Balaban J connectivity index is 1.25. The number of hydrogen-bond donors (Lipinski definition) is 1. The molecule has 2 unspecified atom stereocenters. The second-order valence-electron chi connectivity index (χ2n) is 17.3. The number of nitrogens with one attached hydrogen (secondary N) is 1. The van der Waals surface area contributed by atoms with Crippen molar-refractivity contribution in [2.24, 2.45) is 29.1 Å². The number of carbonyl (C=O) groups is 1. The third-order valence-corrected chi connectivity index (χ3v) is 17.6. The number of allylic oxidation sites excluding steroid dienone is 4. The van der Waals surface area contributed by atoms with Crippen LogP contribution < -0.4 is 14.4 Å². The van der Waals surface area contributed by atoms with Crippen LogP contribution in [0.25, 0.3) is 0 Å². The molecule has 4 heterocycles. The van der Waals surface area contributed by atoms with Crippen molar-refractivity contribution in [2.45, 2.75) is 76.2 Å². The average Bonchev–Trinajstić information content (AvgIpc) is 3.15. The maximum Gasteiger partial charge on any atom is 0.264 e. The Labute approximate surface area is 333 Å². The number of benzene rings is 1. The fraction of sp³-hybridized carbons (Fsp3) is 0.683. The minimum atomic E-state index is -4.01. The second-order valence-corrected chi connectivity index (χ2v) is 22.1. The maximum atomic E-state index is 13.7. The normalized spacial score (nSPS) is 37.7. The molecular formula is C41H59ClN4O7S2. The molecule has 1 amide bonds. The number of anilines is 1. The van der Waals surface area contributed by atoms with E-state index in [4.69, 9.17) is 21.1 Å².